The summed E-state index contributed by atoms with van der Waals surface area (Å²) in [6.07, 6.45) is 1.61. The van der Waals surface area contributed by atoms with E-state index >= 15 is 0 Å². The highest BCUT2D eigenvalue weighted by Gasteiger charge is 2.22. The average Bonchev–Trinajstić information content (AvgIpc) is 2.76. The third kappa shape index (κ3) is 3.10. The zero-order chi connectivity index (χ0) is 12.1. The van der Waals surface area contributed by atoms with Crippen molar-refractivity contribution < 1.29 is 9.21 Å². The molecule has 0 aliphatic rings. The van der Waals surface area contributed by atoms with E-state index in [-0.39, 0.29) is 17.9 Å². The van der Waals surface area contributed by atoms with Gasteiger partial charge in [0.2, 0.25) is 5.91 Å². The zero-order valence-corrected chi connectivity index (χ0v) is 10.1. The van der Waals surface area contributed by atoms with Gasteiger partial charge in [0.1, 0.15) is 5.76 Å². The fourth-order valence-electron chi connectivity index (χ4n) is 1.45. The van der Waals surface area contributed by atoms with Gasteiger partial charge in [0.05, 0.1) is 18.7 Å². The van der Waals surface area contributed by atoms with Crippen molar-refractivity contribution in [2.75, 3.05) is 6.54 Å². The molecular formula is C12H20N2O2. The Morgan fingerprint density at radius 1 is 1.56 bits per heavy atom. The lowest BCUT2D eigenvalue weighted by Crippen LogP contribution is -2.41. The molecule has 16 heavy (non-hydrogen) atoms. The molecule has 0 bridgehead atoms. The molecule has 0 radical (unpaired) electrons. The highest BCUT2D eigenvalue weighted by atomic mass is 16.3. The predicted octanol–water partition coefficient (Wildman–Crippen LogP) is 1.61. The van der Waals surface area contributed by atoms with Gasteiger partial charge in [-0.05, 0) is 26.0 Å². The SMILES string of the molecule is CCN(Cc1ccco1)C(=O)C(C)C(C)N. The van der Waals surface area contributed by atoms with Gasteiger partial charge in [-0.1, -0.05) is 6.92 Å². The predicted molar refractivity (Wildman–Crippen MR) is 62.6 cm³/mol. The third-order valence-electron chi connectivity index (χ3n) is 2.80. The minimum atomic E-state index is -0.157. The molecule has 2 atom stereocenters. The van der Waals surface area contributed by atoms with Crippen molar-refractivity contribution >= 4 is 5.91 Å². The maximum atomic E-state index is 12.0. The molecule has 4 nitrogen and oxygen atoms in total. The van der Waals surface area contributed by atoms with Crippen LogP contribution in [0.3, 0.4) is 0 Å². The molecule has 0 aliphatic heterocycles. The zero-order valence-electron chi connectivity index (χ0n) is 10.1. The van der Waals surface area contributed by atoms with Gasteiger partial charge in [0, 0.05) is 12.6 Å². The lowest BCUT2D eigenvalue weighted by Gasteiger charge is -2.25. The summed E-state index contributed by atoms with van der Waals surface area (Å²) in [6.45, 7) is 6.84. The molecule has 1 rings (SSSR count). The van der Waals surface area contributed by atoms with E-state index in [2.05, 4.69) is 0 Å². The molecule has 0 saturated heterocycles. The molecule has 0 fully saturated rings. The van der Waals surface area contributed by atoms with E-state index in [1.54, 1.807) is 11.2 Å². The monoisotopic (exact) mass is 224 g/mol. The van der Waals surface area contributed by atoms with E-state index < -0.39 is 0 Å². The normalized spacial score (nSPS) is 14.5. The van der Waals surface area contributed by atoms with Crippen LogP contribution in [-0.4, -0.2) is 23.4 Å². The fraction of sp³-hybridized carbons (Fsp3) is 0.583. The largest absolute Gasteiger partial charge is 0.467 e. The summed E-state index contributed by atoms with van der Waals surface area (Å²) in [4.78, 5) is 13.8. The number of nitrogens with two attached hydrogens (primary N) is 1. The van der Waals surface area contributed by atoms with Crippen LogP contribution >= 0.6 is 0 Å². The highest BCUT2D eigenvalue weighted by Crippen LogP contribution is 2.11. The van der Waals surface area contributed by atoms with Gasteiger partial charge < -0.3 is 15.1 Å². The quantitative estimate of drug-likeness (QED) is 0.826. The maximum absolute atomic E-state index is 12.0. The lowest BCUT2D eigenvalue weighted by molar-refractivity contribution is -0.136. The Balaban J connectivity index is 2.64. The van der Waals surface area contributed by atoms with Crippen LogP contribution in [0.1, 0.15) is 26.5 Å². The summed E-state index contributed by atoms with van der Waals surface area (Å²) in [5.74, 6) is 0.718. The molecule has 2 unspecified atom stereocenters. The number of hydrogen-bond donors (Lipinski definition) is 1. The van der Waals surface area contributed by atoms with Crippen LogP contribution in [0.25, 0.3) is 0 Å². The standard InChI is InChI=1S/C12H20N2O2/c1-4-14(8-11-6-5-7-16-11)12(15)9(2)10(3)13/h5-7,9-10H,4,8,13H2,1-3H3. The molecule has 0 aromatic carbocycles. The summed E-state index contributed by atoms with van der Waals surface area (Å²) in [5.41, 5.74) is 5.73. The highest BCUT2D eigenvalue weighted by molar-refractivity contribution is 5.79. The molecule has 1 aromatic heterocycles. The second-order valence-corrected chi connectivity index (χ2v) is 4.08. The van der Waals surface area contributed by atoms with E-state index in [4.69, 9.17) is 10.2 Å². The first-order valence-corrected chi connectivity index (χ1v) is 5.63. The van der Waals surface area contributed by atoms with E-state index in [1.165, 1.54) is 0 Å². The first-order valence-electron chi connectivity index (χ1n) is 5.63. The van der Waals surface area contributed by atoms with Gasteiger partial charge in [-0.15, -0.1) is 0 Å². The van der Waals surface area contributed by atoms with Gasteiger partial charge in [0.15, 0.2) is 0 Å². The van der Waals surface area contributed by atoms with Crippen LogP contribution in [0.5, 0.6) is 0 Å². The molecular weight excluding hydrogens is 204 g/mol. The van der Waals surface area contributed by atoms with E-state index in [9.17, 15) is 4.79 Å². The lowest BCUT2D eigenvalue weighted by atomic mass is 10.0. The molecule has 1 aromatic rings. The molecule has 90 valence electrons. The van der Waals surface area contributed by atoms with Crippen molar-refractivity contribution in [2.45, 2.75) is 33.4 Å². The molecule has 1 heterocycles. The van der Waals surface area contributed by atoms with Crippen LogP contribution in [0.15, 0.2) is 22.8 Å². The Morgan fingerprint density at radius 2 is 2.25 bits per heavy atom. The topological polar surface area (TPSA) is 59.5 Å². The molecule has 1 amide bonds. The Kier molecular flexibility index (Phi) is 4.55. The van der Waals surface area contributed by atoms with Crippen LogP contribution in [0.2, 0.25) is 0 Å². The molecule has 0 saturated carbocycles. The Morgan fingerprint density at radius 3 is 2.69 bits per heavy atom. The minimum absolute atomic E-state index is 0.0777. The van der Waals surface area contributed by atoms with E-state index in [0.29, 0.717) is 13.1 Å². The summed E-state index contributed by atoms with van der Waals surface area (Å²) >= 11 is 0. The second-order valence-electron chi connectivity index (χ2n) is 4.08. The van der Waals surface area contributed by atoms with Crippen molar-refractivity contribution in [2.24, 2.45) is 11.7 Å². The van der Waals surface area contributed by atoms with E-state index in [0.717, 1.165) is 5.76 Å². The van der Waals surface area contributed by atoms with Gasteiger partial charge in [-0.2, -0.15) is 0 Å². The van der Waals surface area contributed by atoms with Gasteiger partial charge in [0.25, 0.3) is 0 Å². The van der Waals surface area contributed by atoms with Crippen molar-refractivity contribution in [3.05, 3.63) is 24.2 Å². The smallest absolute Gasteiger partial charge is 0.227 e. The van der Waals surface area contributed by atoms with Gasteiger partial charge in [-0.25, -0.2) is 0 Å². The molecule has 0 aliphatic carbocycles. The summed E-state index contributed by atoms with van der Waals surface area (Å²) in [7, 11) is 0. The number of nitrogens with zero attached hydrogens (tertiary/aromatic N) is 1. The second kappa shape index (κ2) is 5.70. The first-order chi connectivity index (χ1) is 7.56. The number of carbonyl (C=O) groups excluding carboxylic acids is 1. The van der Waals surface area contributed by atoms with Crippen LogP contribution in [0, 0.1) is 5.92 Å². The van der Waals surface area contributed by atoms with Crippen molar-refractivity contribution in [1.29, 1.82) is 0 Å². The van der Waals surface area contributed by atoms with Crippen LogP contribution in [0.4, 0.5) is 0 Å². The van der Waals surface area contributed by atoms with Crippen molar-refractivity contribution in [1.82, 2.24) is 4.90 Å². The van der Waals surface area contributed by atoms with Crippen LogP contribution in [-0.2, 0) is 11.3 Å². The van der Waals surface area contributed by atoms with E-state index in [1.807, 2.05) is 32.9 Å². The summed E-state index contributed by atoms with van der Waals surface area (Å²) in [5, 5.41) is 0. The van der Waals surface area contributed by atoms with Crippen molar-refractivity contribution in [3.63, 3.8) is 0 Å². The molecule has 0 spiro atoms. The average molecular weight is 224 g/mol. The minimum Gasteiger partial charge on any atom is -0.467 e. The summed E-state index contributed by atoms with van der Waals surface area (Å²) < 4.78 is 5.23. The Bertz CT molecular complexity index is 320. The number of rotatable bonds is 5. The number of furan rings is 1. The first kappa shape index (κ1) is 12.8. The van der Waals surface area contributed by atoms with Gasteiger partial charge >= 0.3 is 0 Å². The Labute approximate surface area is 96.4 Å². The van der Waals surface area contributed by atoms with Crippen LogP contribution < -0.4 is 5.73 Å². The fourth-order valence-corrected chi connectivity index (χ4v) is 1.45. The molecule has 4 heteroatoms. The molecule has 2 N–H and O–H groups in total. The number of amides is 1. The number of hydrogen-bond acceptors (Lipinski definition) is 3. The Hall–Kier alpha value is -1.29. The van der Waals surface area contributed by atoms with Gasteiger partial charge in [-0.3, -0.25) is 4.79 Å². The van der Waals surface area contributed by atoms with Crippen molar-refractivity contribution in [3.8, 4) is 0 Å². The maximum Gasteiger partial charge on any atom is 0.227 e. The summed E-state index contributed by atoms with van der Waals surface area (Å²) in [6, 6.07) is 3.56. The third-order valence-corrected chi connectivity index (χ3v) is 2.80. The number of carbonyl (C=O) groups is 1.